The first-order chi connectivity index (χ1) is 13.5. The number of carbonyl (C=O) groups is 1. The summed E-state index contributed by atoms with van der Waals surface area (Å²) in [6.45, 7) is 0.490. The number of nitrogens with zero attached hydrogens (tertiary/aromatic N) is 1. The smallest absolute Gasteiger partial charge is 0.328 e. The lowest BCUT2D eigenvalue weighted by Gasteiger charge is -2.12. The van der Waals surface area contributed by atoms with Crippen molar-refractivity contribution in [3.05, 3.63) is 60.8 Å². The van der Waals surface area contributed by atoms with Crippen LogP contribution in [-0.2, 0) is 4.79 Å². The third-order valence-corrected chi connectivity index (χ3v) is 4.31. The van der Waals surface area contributed by atoms with Gasteiger partial charge >= 0.3 is 5.97 Å². The molecule has 0 spiro atoms. The van der Waals surface area contributed by atoms with Crippen molar-refractivity contribution in [3.8, 4) is 17.0 Å². The molecule has 0 aliphatic carbocycles. The fraction of sp³-hybridized carbons (Fsp3) is 0.190. The molecular formula is C21H23N5O2. The highest BCUT2D eigenvalue weighted by Gasteiger charge is 2.15. The second kappa shape index (κ2) is 8.96. The summed E-state index contributed by atoms with van der Waals surface area (Å²) in [5.41, 5.74) is 12.8. The van der Waals surface area contributed by atoms with Crippen LogP contribution in [0.5, 0.6) is 5.75 Å². The number of ether oxygens (including phenoxy) is 1. The number of esters is 1. The highest BCUT2D eigenvalue weighted by Crippen LogP contribution is 2.24. The zero-order chi connectivity index (χ0) is 19.9. The van der Waals surface area contributed by atoms with Crippen molar-refractivity contribution in [2.75, 3.05) is 6.54 Å². The van der Waals surface area contributed by atoms with Crippen LogP contribution >= 0.6 is 0 Å². The van der Waals surface area contributed by atoms with E-state index in [-0.39, 0.29) is 5.96 Å². The van der Waals surface area contributed by atoms with Crippen molar-refractivity contribution in [3.63, 3.8) is 0 Å². The summed E-state index contributed by atoms with van der Waals surface area (Å²) in [7, 11) is 0. The Labute approximate surface area is 163 Å². The van der Waals surface area contributed by atoms with Gasteiger partial charge in [-0.1, -0.05) is 24.3 Å². The Kier molecular flexibility index (Phi) is 6.18. The number of guanidine groups is 1. The Morgan fingerprint density at radius 3 is 2.57 bits per heavy atom. The first-order valence-electron chi connectivity index (χ1n) is 9.03. The molecule has 0 aliphatic rings. The monoisotopic (exact) mass is 377 g/mol. The Bertz CT molecular complexity index is 972. The minimum atomic E-state index is -0.726. The minimum absolute atomic E-state index is 0.0999. The minimum Gasteiger partial charge on any atom is -0.425 e. The van der Waals surface area contributed by atoms with Gasteiger partial charge in [0.2, 0.25) is 0 Å². The van der Waals surface area contributed by atoms with Crippen molar-refractivity contribution in [1.82, 2.24) is 10.3 Å². The summed E-state index contributed by atoms with van der Waals surface area (Å²) in [5.74, 6) is -0.150. The number of hydrogen-bond donors (Lipinski definition) is 4. The molecule has 0 amide bonds. The van der Waals surface area contributed by atoms with Crippen LogP contribution in [0.25, 0.3) is 22.0 Å². The molecule has 0 bridgehead atoms. The van der Waals surface area contributed by atoms with E-state index in [1.54, 1.807) is 12.1 Å². The van der Waals surface area contributed by atoms with Gasteiger partial charge in [0, 0.05) is 23.7 Å². The molecule has 144 valence electrons. The Balaban J connectivity index is 1.59. The van der Waals surface area contributed by atoms with Crippen molar-refractivity contribution in [1.29, 1.82) is 5.41 Å². The summed E-state index contributed by atoms with van der Waals surface area (Å²) in [5, 5.41) is 11.9. The first kappa shape index (κ1) is 19.3. The molecule has 0 aliphatic heterocycles. The standard InChI is InChI=1S/C21H23N5O2/c22-18(6-3-11-25-21(23)24)20(27)28-17-9-7-14(8-10-17)19-12-15-4-1-2-5-16(15)13-26-19/h1-2,4-5,7-10,12-13,18H,3,6,11,22H2,(H4,23,24,25). The average molecular weight is 377 g/mol. The predicted octanol–water partition coefficient (Wildman–Crippen LogP) is 2.40. The lowest BCUT2D eigenvalue weighted by Crippen LogP contribution is -2.36. The summed E-state index contributed by atoms with van der Waals surface area (Å²) < 4.78 is 5.34. The van der Waals surface area contributed by atoms with Crippen molar-refractivity contribution >= 4 is 22.7 Å². The second-order valence-corrected chi connectivity index (χ2v) is 6.45. The fourth-order valence-corrected chi connectivity index (χ4v) is 2.79. The van der Waals surface area contributed by atoms with Crippen molar-refractivity contribution in [2.24, 2.45) is 11.5 Å². The normalized spacial score (nSPS) is 11.8. The predicted molar refractivity (Wildman–Crippen MR) is 110 cm³/mol. The topological polar surface area (TPSA) is 127 Å². The highest BCUT2D eigenvalue weighted by molar-refractivity contribution is 5.85. The lowest BCUT2D eigenvalue weighted by molar-refractivity contribution is -0.136. The summed E-state index contributed by atoms with van der Waals surface area (Å²) in [6, 6.07) is 16.5. The quantitative estimate of drug-likeness (QED) is 0.165. The van der Waals surface area contributed by atoms with Crippen LogP contribution < -0.4 is 21.5 Å². The molecule has 2 aromatic carbocycles. The number of rotatable bonds is 7. The van der Waals surface area contributed by atoms with E-state index in [9.17, 15) is 4.79 Å². The molecule has 1 atom stereocenters. The van der Waals surface area contributed by atoms with Crippen LogP contribution in [-0.4, -0.2) is 29.5 Å². The van der Waals surface area contributed by atoms with E-state index >= 15 is 0 Å². The van der Waals surface area contributed by atoms with Crippen molar-refractivity contribution < 1.29 is 9.53 Å². The maximum atomic E-state index is 12.1. The first-order valence-corrected chi connectivity index (χ1v) is 9.03. The van der Waals surface area contributed by atoms with Crippen LogP contribution in [0.15, 0.2) is 60.8 Å². The number of aromatic nitrogens is 1. The molecule has 1 heterocycles. The number of benzene rings is 2. The lowest BCUT2D eigenvalue weighted by atomic mass is 10.1. The summed E-state index contributed by atoms with van der Waals surface area (Å²) in [6.07, 6.45) is 2.90. The zero-order valence-corrected chi connectivity index (χ0v) is 15.4. The number of nitrogens with one attached hydrogen (secondary N) is 2. The van der Waals surface area contributed by atoms with Crippen LogP contribution in [0.4, 0.5) is 0 Å². The highest BCUT2D eigenvalue weighted by atomic mass is 16.5. The SMILES string of the molecule is N=C(N)NCCCC(N)C(=O)Oc1ccc(-c2cc3ccccc3cn2)cc1. The maximum absolute atomic E-state index is 12.1. The van der Waals surface area contributed by atoms with E-state index < -0.39 is 12.0 Å². The number of fused-ring (bicyclic) bond motifs is 1. The third kappa shape index (κ3) is 5.05. The molecule has 0 saturated heterocycles. The van der Waals surface area contributed by atoms with E-state index in [1.165, 1.54) is 0 Å². The van der Waals surface area contributed by atoms with Crippen LogP contribution in [0, 0.1) is 5.41 Å². The molecule has 1 unspecified atom stereocenters. The largest absolute Gasteiger partial charge is 0.425 e. The van der Waals surface area contributed by atoms with Crippen molar-refractivity contribution in [2.45, 2.75) is 18.9 Å². The van der Waals surface area contributed by atoms with E-state index in [1.807, 2.05) is 48.7 Å². The molecule has 1 aromatic heterocycles. The Morgan fingerprint density at radius 1 is 1.14 bits per heavy atom. The number of hydrogen-bond acceptors (Lipinski definition) is 5. The fourth-order valence-electron chi connectivity index (χ4n) is 2.79. The molecule has 0 fully saturated rings. The van der Waals surface area contributed by atoms with Gasteiger partial charge in [0.1, 0.15) is 11.8 Å². The number of nitrogens with two attached hydrogens (primary N) is 2. The third-order valence-electron chi connectivity index (χ3n) is 4.31. The van der Waals surface area contributed by atoms with Gasteiger partial charge in [-0.2, -0.15) is 0 Å². The number of pyridine rings is 1. The van der Waals surface area contributed by atoms with Gasteiger partial charge in [-0.15, -0.1) is 0 Å². The molecule has 28 heavy (non-hydrogen) atoms. The number of carbonyl (C=O) groups excluding carboxylic acids is 1. The summed E-state index contributed by atoms with van der Waals surface area (Å²) in [4.78, 5) is 16.6. The van der Waals surface area contributed by atoms with Gasteiger partial charge in [0.05, 0.1) is 5.69 Å². The van der Waals surface area contributed by atoms with Gasteiger partial charge in [-0.05, 0) is 48.6 Å². The van der Waals surface area contributed by atoms with Gasteiger partial charge < -0.3 is 21.5 Å². The van der Waals surface area contributed by atoms with Gasteiger partial charge in [-0.25, -0.2) is 4.79 Å². The Hall–Kier alpha value is -3.45. The van der Waals surface area contributed by atoms with E-state index in [0.29, 0.717) is 25.1 Å². The van der Waals surface area contributed by atoms with E-state index in [0.717, 1.165) is 22.0 Å². The van der Waals surface area contributed by atoms with Crippen LogP contribution in [0.2, 0.25) is 0 Å². The van der Waals surface area contributed by atoms with Crippen LogP contribution in [0.1, 0.15) is 12.8 Å². The van der Waals surface area contributed by atoms with Gasteiger partial charge in [-0.3, -0.25) is 10.4 Å². The van der Waals surface area contributed by atoms with Gasteiger partial charge in [0.15, 0.2) is 5.96 Å². The molecule has 7 heteroatoms. The molecule has 3 aromatic rings. The molecular weight excluding hydrogens is 354 g/mol. The van der Waals surface area contributed by atoms with E-state index in [2.05, 4.69) is 10.3 Å². The Morgan fingerprint density at radius 2 is 1.86 bits per heavy atom. The molecule has 3 rings (SSSR count). The molecule has 7 nitrogen and oxygen atoms in total. The molecule has 0 radical (unpaired) electrons. The van der Waals surface area contributed by atoms with E-state index in [4.69, 9.17) is 21.6 Å². The molecule has 0 saturated carbocycles. The average Bonchev–Trinajstić information content (AvgIpc) is 2.71. The zero-order valence-electron chi connectivity index (χ0n) is 15.4. The second-order valence-electron chi connectivity index (χ2n) is 6.45. The summed E-state index contributed by atoms with van der Waals surface area (Å²) >= 11 is 0. The van der Waals surface area contributed by atoms with Crippen LogP contribution in [0.3, 0.4) is 0 Å². The van der Waals surface area contributed by atoms with Gasteiger partial charge in [0.25, 0.3) is 0 Å². The maximum Gasteiger partial charge on any atom is 0.328 e. The molecule has 6 N–H and O–H groups in total.